The largest absolute Gasteiger partial charge is 0.396 e. The summed E-state index contributed by atoms with van der Waals surface area (Å²) in [6, 6.07) is 0.240. The smallest absolute Gasteiger partial charge is 0.271 e. The van der Waals surface area contributed by atoms with Crippen molar-refractivity contribution in [3.8, 4) is 0 Å². The minimum absolute atomic E-state index is 0.157. The average molecular weight is 238 g/mol. The van der Waals surface area contributed by atoms with Crippen molar-refractivity contribution in [2.45, 2.75) is 37.8 Å². The summed E-state index contributed by atoms with van der Waals surface area (Å²) in [6.07, 6.45) is 6.04. The number of carbonyl (C=O) groups excluding carboxylic acids is 1. The molecule has 17 heavy (non-hydrogen) atoms. The predicted octanol–water partition coefficient (Wildman–Crippen LogP) is 0.694. The Kier molecular flexibility index (Phi) is 3.33. The SMILES string of the molecule is COC1CCCC(n2cc(N)c(C(N)=O)n2)C1. The highest BCUT2D eigenvalue weighted by molar-refractivity contribution is 5.95. The van der Waals surface area contributed by atoms with E-state index in [9.17, 15) is 4.79 Å². The highest BCUT2D eigenvalue weighted by Gasteiger charge is 2.25. The Hall–Kier alpha value is -1.56. The van der Waals surface area contributed by atoms with Gasteiger partial charge in [0.1, 0.15) is 0 Å². The van der Waals surface area contributed by atoms with Gasteiger partial charge in [-0.25, -0.2) is 0 Å². The van der Waals surface area contributed by atoms with E-state index < -0.39 is 5.91 Å². The van der Waals surface area contributed by atoms with Crippen LogP contribution in [-0.4, -0.2) is 28.9 Å². The zero-order chi connectivity index (χ0) is 12.4. The minimum Gasteiger partial charge on any atom is -0.396 e. The lowest BCUT2D eigenvalue weighted by Crippen LogP contribution is -2.24. The van der Waals surface area contributed by atoms with Gasteiger partial charge in [-0.3, -0.25) is 9.48 Å². The number of ether oxygens (including phenoxy) is 1. The van der Waals surface area contributed by atoms with Crippen LogP contribution in [0.15, 0.2) is 6.20 Å². The summed E-state index contributed by atoms with van der Waals surface area (Å²) in [7, 11) is 1.72. The molecule has 0 saturated heterocycles. The molecule has 0 aliphatic heterocycles. The first-order valence-corrected chi connectivity index (χ1v) is 5.79. The van der Waals surface area contributed by atoms with Gasteiger partial charge in [0.25, 0.3) is 5.91 Å². The van der Waals surface area contributed by atoms with Crippen LogP contribution in [0, 0.1) is 0 Å². The highest BCUT2D eigenvalue weighted by Crippen LogP contribution is 2.30. The maximum atomic E-state index is 11.1. The fourth-order valence-corrected chi connectivity index (χ4v) is 2.36. The van der Waals surface area contributed by atoms with E-state index in [1.807, 2.05) is 0 Å². The fraction of sp³-hybridized carbons (Fsp3) is 0.636. The van der Waals surface area contributed by atoms with Crippen LogP contribution in [0.5, 0.6) is 0 Å². The standard InChI is InChI=1S/C11H18N4O2/c1-17-8-4-2-3-7(5-8)15-6-9(12)10(14-15)11(13)16/h6-8H,2-5,12H2,1H3,(H2,13,16). The van der Waals surface area contributed by atoms with Gasteiger partial charge in [-0.15, -0.1) is 0 Å². The van der Waals surface area contributed by atoms with Crippen LogP contribution in [0.3, 0.4) is 0 Å². The lowest BCUT2D eigenvalue weighted by atomic mass is 9.93. The van der Waals surface area contributed by atoms with Crippen LogP contribution >= 0.6 is 0 Å². The number of carbonyl (C=O) groups is 1. The number of rotatable bonds is 3. The van der Waals surface area contributed by atoms with Crippen LogP contribution in [0.4, 0.5) is 5.69 Å². The Labute approximate surface area is 99.9 Å². The van der Waals surface area contributed by atoms with E-state index in [0.717, 1.165) is 25.7 Å². The summed E-state index contributed by atoms with van der Waals surface area (Å²) in [5.41, 5.74) is 11.4. The Balaban J connectivity index is 2.16. The van der Waals surface area contributed by atoms with Crippen LogP contribution in [0.1, 0.15) is 42.2 Å². The third kappa shape index (κ3) is 2.41. The van der Waals surface area contributed by atoms with Gasteiger partial charge in [0.15, 0.2) is 5.69 Å². The third-order valence-corrected chi connectivity index (χ3v) is 3.30. The van der Waals surface area contributed by atoms with Gasteiger partial charge in [0, 0.05) is 13.3 Å². The summed E-state index contributed by atoms with van der Waals surface area (Å²) < 4.78 is 7.11. The normalized spacial score (nSPS) is 24.8. The van der Waals surface area contributed by atoms with Crippen molar-refractivity contribution in [2.24, 2.45) is 5.73 Å². The number of nitrogen functional groups attached to an aromatic ring is 1. The first-order chi connectivity index (χ1) is 8.11. The second kappa shape index (κ2) is 4.75. The molecular formula is C11H18N4O2. The molecule has 1 aliphatic rings. The molecule has 2 atom stereocenters. The quantitative estimate of drug-likeness (QED) is 0.809. The summed E-state index contributed by atoms with van der Waals surface area (Å²) in [4.78, 5) is 11.1. The van der Waals surface area contributed by atoms with E-state index in [-0.39, 0.29) is 17.8 Å². The number of primary amides is 1. The van der Waals surface area contributed by atoms with Crippen LogP contribution in [0.25, 0.3) is 0 Å². The van der Waals surface area contributed by atoms with Crippen molar-refractivity contribution >= 4 is 11.6 Å². The Morgan fingerprint density at radius 1 is 1.59 bits per heavy atom. The van der Waals surface area contributed by atoms with Crippen LogP contribution in [-0.2, 0) is 4.74 Å². The molecule has 1 aromatic rings. The number of nitrogens with two attached hydrogens (primary N) is 2. The lowest BCUT2D eigenvalue weighted by molar-refractivity contribution is 0.0507. The zero-order valence-corrected chi connectivity index (χ0v) is 9.93. The molecule has 4 N–H and O–H groups in total. The van der Waals surface area contributed by atoms with Crippen molar-refractivity contribution in [1.29, 1.82) is 0 Å². The van der Waals surface area contributed by atoms with Gasteiger partial charge < -0.3 is 16.2 Å². The number of nitrogens with zero attached hydrogens (tertiary/aromatic N) is 2. The zero-order valence-electron chi connectivity index (χ0n) is 9.93. The van der Waals surface area contributed by atoms with Crippen molar-refractivity contribution in [1.82, 2.24) is 9.78 Å². The van der Waals surface area contributed by atoms with E-state index in [1.165, 1.54) is 0 Å². The lowest BCUT2D eigenvalue weighted by Gasteiger charge is -2.28. The van der Waals surface area contributed by atoms with Gasteiger partial charge in [0.2, 0.25) is 0 Å². The molecule has 0 bridgehead atoms. The van der Waals surface area contributed by atoms with E-state index in [2.05, 4.69) is 5.10 Å². The second-order valence-electron chi connectivity index (χ2n) is 4.46. The molecule has 0 aromatic carbocycles. The number of anilines is 1. The summed E-state index contributed by atoms with van der Waals surface area (Å²) >= 11 is 0. The topological polar surface area (TPSA) is 96.2 Å². The van der Waals surface area contributed by atoms with E-state index in [0.29, 0.717) is 5.69 Å². The molecule has 1 aliphatic carbocycles. The molecule has 6 nitrogen and oxygen atoms in total. The van der Waals surface area contributed by atoms with Gasteiger partial charge >= 0.3 is 0 Å². The Morgan fingerprint density at radius 3 is 2.94 bits per heavy atom. The van der Waals surface area contributed by atoms with E-state index >= 15 is 0 Å². The molecule has 2 unspecified atom stereocenters. The first-order valence-electron chi connectivity index (χ1n) is 5.79. The van der Waals surface area contributed by atoms with Gasteiger partial charge in [-0.1, -0.05) is 0 Å². The van der Waals surface area contributed by atoms with E-state index in [1.54, 1.807) is 18.0 Å². The van der Waals surface area contributed by atoms with Crippen molar-refractivity contribution in [2.75, 3.05) is 12.8 Å². The van der Waals surface area contributed by atoms with Gasteiger partial charge in [0.05, 0.1) is 17.8 Å². The maximum Gasteiger partial charge on any atom is 0.271 e. The molecule has 1 saturated carbocycles. The number of aromatic nitrogens is 2. The molecule has 94 valence electrons. The molecule has 1 aromatic heterocycles. The van der Waals surface area contributed by atoms with Gasteiger partial charge in [-0.2, -0.15) is 5.10 Å². The number of methoxy groups -OCH3 is 1. The molecular weight excluding hydrogens is 220 g/mol. The molecule has 1 fully saturated rings. The predicted molar refractivity (Wildman–Crippen MR) is 63.5 cm³/mol. The minimum atomic E-state index is -0.583. The molecule has 0 spiro atoms. The maximum absolute atomic E-state index is 11.1. The molecule has 0 radical (unpaired) electrons. The summed E-state index contributed by atoms with van der Waals surface area (Å²) in [6.45, 7) is 0. The first kappa shape index (κ1) is 11.9. The summed E-state index contributed by atoms with van der Waals surface area (Å²) in [5.74, 6) is -0.583. The van der Waals surface area contributed by atoms with Crippen LogP contribution in [0.2, 0.25) is 0 Å². The molecule has 1 heterocycles. The van der Waals surface area contributed by atoms with Crippen LogP contribution < -0.4 is 11.5 Å². The second-order valence-corrected chi connectivity index (χ2v) is 4.46. The number of amides is 1. The molecule has 2 rings (SSSR count). The number of hydrogen-bond acceptors (Lipinski definition) is 4. The van der Waals surface area contributed by atoms with Crippen molar-refractivity contribution in [3.63, 3.8) is 0 Å². The van der Waals surface area contributed by atoms with Crippen molar-refractivity contribution in [3.05, 3.63) is 11.9 Å². The Bertz CT molecular complexity index is 416. The average Bonchev–Trinajstić information content (AvgIpc) is 2.71. The third-order valence-electron chi connectivity index (χ3n) is 3.30. The molecule has 6 heteroatoms. The monoisotopic (exact) mass is 238 g/mol. The highest BCUT2D eigenvalue weighted by atomic mass is 16.5. The number of hydrogen-bond donors (Lipinski definition) is 2. The Morgan fingerprint density at radius 2 is 2.35 bits per heavy atom. The summed E-state index contributed by atoms with van der Waals surface area (Å²) in [5, 5.41) is 4.16. The van der Waals surface area contributed by atoms with E-state index in [4.69, 9.17) is 16.2 Å². The fourth-order valence-electron chi connectivity index (χ4n) is 2.36. The van der Waals surface area contributed by atoms with Gasteiger partial charge in [-0.05, 0) is 25.7 Å². The van der Waals surface area contributed by atoms with Crippen molar-refractivity contribution < 1.29 is 9.53 Å². The molecule has 1 amide bonds.